The second-order valence-electron chi connectivity index (χ2n) is 8.65. The van der Waals surface area contributed by atoms with Gasteiger partial charge in [-0.3, -0.25) is 4.79 Å². The number of urea groups is 1. The summed E-state index contributed by atoms with van der Waals surface area (Å²) in [5.74, 6) is 0.433. The number of amides is 3. The van der Waals surface area contributed by atoms with Gasteiger partial charge in [0.15, 0.2) is 23.0 Å². The number of aromatic nitrogens is 1. The Hall–Kier alpha value is -3.12. The van der Waals surface area contributed by atoms with Gasteiger partial charge < -0.3 is 34.7 Å². The van der Waals surface area contributed by atoms with Gasteiger partial charge in [-0.05, 0) is 43.9 Å². The van der Waals surface area contributed by atoms with E-state index in [0.717, 1.165) is 12.8 Å². The van der Waals surface area contributed by atoms with Crippen LogP contribution in [0.25, 0.3) is 11.5 Å². The highest BCUT2D eigenvalue weighted by molar-refractivity contribution is 5.94. The average Bonchev–Trinajstić information content (AvgIpc) is 3.57. The van der Waals surface area contributed by atoms with Crippen molar-refractivity contribution in [3.8, 4) is 23.0 Å². The third-order valence-corrected chi connectivity index (χ3v) is 5.92. The van der Waals surface area contributed by atoms with Crippen molar-refractivity contribution >= 4 is 24.3 Å². The third-order valence-electron chi connectivity index (χ3n) is 5.92. The number of nitrogens with two attached hydrogens (primary N) is 1. The van der Waals surface area contributed by atoms with Crippen LogP contribution < -0.4 is 20.5 Å². The average molecular weight is 530 g/mol. The quantitative estimate of drug-likeness (QED) is 0.538. The zero-order valence-corrected chi connectivity index (χ0v) is 20.9. The van der Waals surface area contributed by atoms with Gasteiger partial charge in [-0.15, -0.1) is 12.4 Å². The molecule has 2 aliphatic rings. The summed E-state index contributed by atoms with van der Waals surface area (Å²) in [5.41, 5.74) is 6.57. The van der Waals surface area contributed by atoms with Crippen LogP contribution >= 0.6 is 12.4 Å². The first kappa shape index (κ1) is 27.5. The summed E-state index contributed by atoms with van der Waals surface area (Å²) in [6.45, 7) is 0.522. The van der Waals surface area contributed by atoms with E-state index in [4.69, 9.17) is 14.9 Å². The lowest BCUT2D eigenvalue weighted by atomic mass is 10.2. The molecule has 1 aliphatic heterocycles. The van der Waals surface area contributed by atoms with Gasteiger partial charge in [-0.25, -0.2) is 9.78 Å². The molecule has 3 amide bonds. The number of halogens is 3. The monoisotopic (exact) mass is 529 g/mol. The predicted octanol–water partition coefficient (Wildman–Crippen LogP) is 3.27. The number of carbonyl (C=O) groups excluding carboxylic acids is 2. The van der Waals surface area contributed by atoms with E-state index in [-0.39, 0.29) is 53.2 Å². The number of alkyl halides is 2. The largest absolute Gasteiger partial charge is 0.489 e. The number of nitrogens with zero attached hydrogens (tertiary/aromatic N) is 3. The number of hydrogen-bond acceptors (Lipinski definition) is 7. The van der Waals surface area contributed by atoms with Crippen LogP contribution in [0.15, 0.2) is 22.6 Å². The van der Waals surface area contributed by atoms with Gasteiger partial charge >= 0.3 is 12.6 Å². The fourth-order valence-electron chi connectivity index (χ4n) is 3.78. The van der Waals surface area contributed by atoms with Crippen molar-refractivity contribution < 1.29 is 32.3 Å². The second-order valence-corrected chi connectivity index (χ2v) is 8.65. The molecule has 1 aliphatic carbocycles. The van der Waals surface area contributed by atoms with Crippen molar-refractivity contribution in [3.05, 3.63) is 29.7 Å². The Labute approximate surface area is 213 Å². The summed E-state index contributed by atoms with van der Waals surface area (Å²) >= 11 is 0. The number of benzene rings is 1. The topological polar surface area (TPSA) is 123 Å². The van der Waals surface area contributed by atoms with Gasteiger partial charge in [0.05, 0.1) is 12.6 Å². The number of piperazine rings is 1. The molecule has 36 heavy (non-hydrogen) atoms. The minimum Gasteiger partial charge on any atom is -0.489 e. The first-order valence-corrected chi connectivity index (χ1v) is 11.5. The standard InChI is InChI=1S/C23H29F2N5O5.ClH/c1-13(26)19-18(21(31)29-7-9-30(10-8-29)23(32)27-2)28-20(35-19)15-5-6-16(34-22(24)25)17(11-15)33-12-14-3-4-14;/h5-6,11,13-14,22H,3-4,7-10,12,26H2,1-2H3,(H,27,32);1H/t13-;/m0./s1. The Morgan fingerprint density at radius 2 is 1.86 bits per heavy atom. The number of hydrogen-bond donors (Lipinski definition) is 2. The molecular weight excluding hydrogens is 500 g/mol. The first-order chi connectivity index (χ1) is 16.8. The van der Waals surface area contributed by atoms with E-state index in [2.05, 4.69) is 15.0 Å². The molecule has 3 N–H and O–H groups in total. The number of oxazole rings is 1. The zero-order valence-electron chi connectivity index (χ0n) is 20.0. The molecule has 0 spiro atoms. The predicted molar refractivity (Wildman–Crippen MR) is 129 cm³/mol. The molecule has 1 aromatic carbocycles. The first-order valence-electron chi connectivity index (χ1n) is 11.5. The molecule has 2 fully saturated rings. The Morgan fingerprint density at radius 1 is 1.19 bits per heavy atom. The Morgan fingerprint density at radius 3 is 2.44 bits per heavy atom. The van der Waals surface area contributed by atoms with E-state index in [9.17, 15) is 18.4 Å². The SMILES string of the molecule is CNC(=O)N1CCN(C(=O)c2nc(-c3ccc(OC(F)F)c(OCC4CC4)c3)oc2[C@H](C)N)CC1.Cl. The lowest BCUT2D eigenvalue weighted by molar-refractivity contribution is -0.0515. The lowest BCUT2D eigenvalue weighted by Gasteiger charge is -2.34. The van der Waals surface area contributed by atoms with Gasteiger partial charge in [-0.1, -0.05) is 0 Å². The Balaban J connectivity index is 0.00000361. The maximum atomic E-state index is 13.2. The lowest BCUT2D eigenvalue weighted by Crippen LogP contribution is -2.52. The van der Waals surface area contributed by atoms with Gasteiger partial charge in [0, 0.05) is 38.8 Å². The Bertz CT molecular complexity index is 1070. The van der Waals surface area contributed by atoms with Gasteiger partial charge in [0.1, 0.15) is 0 Å². The smallest absolute Gasteiger partial charge is 0.387 e. The molecular formula is C23H30ClF2N5O5. The van der Waals surface area contributed by atoms with Gasteiger partial charge in [-0.2, -0.15) is 8.78 Å². The van der Waals surface area contributed by atoms with Gasteiger partial charge in [0.25, 0.3) is 5.91 Å². The normalized spacial score (nSPS) is 16.4. The van der Waals surface area contributed by atoms with E-state index in [1.807, 2.05) is 0 Å². The second kappa shape index (κ2) is 11.7. The molecule has 2 heterocycles. The highest BCUT2D eigenvalue weighted by atomic mass is 35.5. The molecule has 13 heteroatoms. The van der Waals surface area contributed by atoms with Crippen LogP contribution in [0.3, 0.4) is 0 Å². The van der Waals surface area contributed by atoms with Crippen molar-refractivity contribution in [2.45, 2.75) is 32.4 Å². The van der Waals surface area contributed by atoms with Crippen molar-refractivity contribution in [1.29, 1.82) is 0 Å². The van der Waals surface area contributed by atoms with Crippen LogP contribution in [0.4, 0.5) is 13.6 Å². The highest BCUT2D eigenvalue weighted by Crippen LogP contribution is 2.37. The zero-order chi connectivity index (χ0) is 25.1. The fourth-order valence-corrected chi connectivity index (χ4v) is 3.78. The van der Waals surface area contributed by atoms with E-state index in [0.29, 0.717) is 44.3 Å². The fraction of sp³-hybridized carbons (Fsp3) is 0.522. The van der Waals surface area contributed by atoms with Crippen LogP contribution in [-0.2, 0) is 0 Å². The van der Waals surface area contributed by atoms with E-state index in [1.165, 1.54) is 18.2 Å². The van der Waals surface area contributed by atoms with Crippen LogP contribution in [0.2, 0.25) is 0 Å². The number of carbonyl (C=O) groups is 2. The summed E-state index contributed by atoms with van der Waals surface area (Å²) in [5, 5.41) is 2.57. The summed E-state index contributed by atoms with van der Waals surface area (Å²) in [7, 11) is 1.56. The summed E-state index contributed by atoms with van der Waals surface area (Å²) in [6, 6.07) is 3.56. The number of rotatable bonds is 8. The molecule has 2 aromatic rings. The summed E-state index contributed by atoms with van der Waals surface area (Å²) < 4.78 is 41.9. The number of ether oxygens (including phenoxy) is 2. The maximum absolute atomic E-state index is 13.2. The van der Waals surface area contributed by atoms with Crippen LogP contribution in [-0.4, -0.2) is 73.2 Å². The third kappa shape index (κ3) is 6.35. The molecule has 4 rings (SSSR count). The highest BCUT2D eigenvalue weighted by Gasteiger charge is 2.31. The van der Waals surface area contributed by atoms with E-state index in [1.54, 1.807) is 23.8 Å². The summed E-state index contributed by atoms with van der Waals surface area (Å²) in [4.78, 5) is 32.7. The Kier molecular flexibility index (Phi) is 8.96. The van der Waals surface area contributed by atoms with E-state index >= 15 is 0 Å². The van der Waals surface area contributed by atoms with Crippen molar-refractivity contribution in [2.75, 3.05) is 39.8 Å². The molecule has 10 nitrogen and oxygen atoms in total. The van der Waals surface area contributed by atoms with Gasteiger partial charge in [0.2, 0.25) is 5.89 Å². The maximum Gasteiger partial charge on any atom is 0.387 e. The van der Waals surface area contributed by atoms with Crippen LogP contribution in [0, 0.1) is 5.92 Å². The minimum absolute atomic E-state index is 0. The molecule has 1 saturated carbocycles. The number of nitrogens with one attached hydrogen (secondary N) is 1. The minimum atomic E-state index is -3.00. The van der Waals surface area contributed by atoms with Crippen molar-refractivity contribution in [3.63, 3.8) is 0 Å². The molecule has 198 valence electrons. The van der Waals surface area contributed by atoms with E-state index < -0.39 is 12.7 Å². The van der Waals surface area contributed by atoms with Crippen LogP contribution in [0.5, 0.6) is 11.5 Å². The molecule has 1 saturated heterocycles. The van der Waals surface area contributed by atoms with Crippen molar-refractivity contribution in [1.82, 2.24) is 20.1 Å². The molecule has 1 aromatic heterocycles. The molecule has 0 radical (unpaired) electrons. The molecule has 0 unspecified atom stereocenters. The van der Waals surface area contributed by atoms with Crippen LogP contribution in [0.1, 0.15) is 42.1 Å². The molecule has 0 bridgehead atoms. The molecule has 1 atom stereocenters. The van der Waals surface area contributed by atoms with Crippen molar-refractivity contribution in [2.24, 2.45) is 11.7 Å². The summed E-state index contributed by atoms with van der Waals surface area (Å²) in [6.07, 6.45) is 2.07.